The number of hydrogen-bond acceptors (Lipinski definition) is 8. The summed E-state index contributed by atoms with van der Waals surface area (Å²) in [4.78, 5) is 24.3. The van der Waals surface area contributed by atoms with E-state index in [9.17, 15) is 30.0 Å². The summed E-state index contributed by atoms with van der Waals surface area (Å²) in [6.07, 6.45) is 0.425. The molecule has 0 aromatic heterocycles. The number of thioether (sulfide) groups is 2. The maximum Gasteiger partial charge on any atom is 0.171 e. The van der Waals surface area contributed by atoms with Crippen molar-refractivity contribution < 1.29 is 30.0 Å². The fourth-order valence-electron chi connectivity index (χ4n) is 3.00. The largest absolute Gasteiger partial charge is 0.507 e. The number of fused-ring (bicyclic) bond motifs is 2. The topological polar surface area (TPSA) is 115 Å². The monoisotopic (exact) mass is 420 g/mol. The Kier molecular flexibility index (Phi) is 5.81. The Morgan fingerprint density at radius 1 is 0.821 bits per heavy atom. The third-order valence-electron chi connectivity index (χ3n) is 4.75. The van der Waals surface area contributed by atoms with Crippen molar-refractivity contribution >= 4 is 35.1 Å². The van der Waals surface area contributed by atoms with Crippen molar-refractivity contribution in [3.63, 3.8) is 0 Å². The zero-order chi connectivity index (χ0) is 20.6. The van der Waals surface area contributed by atoms with Crippen LogP contribution in [0, 0.1) is 5.92 Å². The molecule has 0 bridgehead atoms. The van der Waals surface area contributed by atoms with Crippen LogP contribution in [0.15, 0.2) is 34.1 Å². The van der Waals surface area contributed by atoms with E-state index in [-0.39, 0.29) is 56.9 Å². The lowest BCUT2D eigenvalue weighted by Gasteiger charge is -2.26. The second-order valence-corrected chi connectivity index (χ2v) is 9.11. The minimum atomic E-state index is -0.129. The molecule has 2 aliphatic rings. The Bertz CT molecular complexity index is 956. The second kappa shape index (κ2) is 7.97. The molecular weight excluding hydrogens is 400 g/mol. The Hall–Kier alpha value is -2.32. The highest BCUT2D eigenvalue weighted by molar-refractivity contribution is 8.00. The van der Waals surface area contributed by atoms with Crippen LogP contribution in [0.5, 0.6) is 23.0 Å². The SMILES string of the molecule is CC1Sc2c(O)ccc(O)c2C(=O)C1C.O=C1CCSc2c(O)ccc(O)c21. The Labute approximate surface area is 170 Å². The summed E-state index contributed by atoms with van der Waals surface area (Å²) in [5.74, 6) is 0.417. The maximum absolute atomic E-state index is 11.9. The third kappa shape index (κ3) is 3.66. The molecule has 4 N–H and O–H groups in total. The van der Waals surface area contributed by atoms with Gasteiger partial charge in [0.25, 0.3) is 0 Å². The average molecular weight is 421 g/mol. The lowest BCUT2D eigenvalue weighted by molar-refractivity contribution is 0.0919. The number of rotatable bonds is 0. The normalized spacial score (nSPS) is 20.6. The van der Waals surface area contributed by atoms with E-state index in [1.807, 2.05) is 13.8 Å². The molecule has 0 saturated heterocycles. The molecule has 6 nitrogen and oxygen atoms in total. The van der Waals surface area contributed by atoms with E-state index in [0.29, 0.717) is 22.0 Å². The number of hydrogen-bond donors (Lipinski definition) is 4. The smallest absolute Gasteiger partial charge is 0.171 e. The lowest BCUT2D eigenvalue weighted by atomic mass is 9.95. The number of phenols is 4. The molecule has 2 aromatic carbocycles. The first-order valence-electron chi connectivity index (χ1n) is 8.69. The van der Waals surface area contributed by atoms with Gasteiger partial charge in [0.05, 0.1) is 20.9 Å². The molecular formula is C20H20O6S2. The molecule has 2 heterocycles. The van der Waals surface area contributed by atoms with Crippen LogP contribution < -0.4 is 0 Å². The van der Waals surface area contributed by atoms with Gasteiger partial charge in [-0.25, -0.2) is 0 Å². The zero-order valence-electron chi connectivity index (χ0n) is 15.3. The summed E-state index contributed by atoms with van der Waals surface area (Å²) < 4.78 is 0. The highest BCUT2D eigenvalue weighted by Gasteiger charge is 2.34. The first-order valence-corrected chi connectivity index (χ1v) is 10.6. The molecule has 8 heteroatoms. The van der Waals surface area contributed by atoms with Crippen LogP contribution in [0.3, 0.4) is 0 Å². The van der Waals surface area contributed by atoms with Crippen molar-refractivity contribution in [2.45, 2.75) is 35.3 Å². The van der Waals surface area contributed by atoms with Gasteiger partial charge in [0, 0.05) is 23.3 Å². The summed E-state index contributed by atoms with van der Waals surface area (Å²) in [7, 11) is 0. The first-order chi connectivity index (χ1) is 13.2. The summed E-state index contributed by atoms with van der Waals surface area (Å²) in [6.45, 7) is 3.78. The molecule has 0 aliphatic carbocycles. The van der Waals surface area contributed by atoms with Gasteiger partial charge in [-0.1, -0.05) is 13.8 Å². The number of carbonyl (C=O) groups is 2. The number of carbonyl (C=O) groups excluding carboxylic acids is 2. The number of phenolic OH excluding ortho intramolecular Hbond substituents is 4. The van der Waals surface area contributed by atoms with Crippen LogP contribution in [-0.2, 0) is 0 Å². The Morgan fingerprint density at radius 2 is 1.36 bits per heavy atom. The molecule has 0 amide bonds. The van der Waals surface area contributed by atoms with Crippen molar-refractivity contribution in [1.82, 2.24) is 0 Å². The number of aromatic hydroxyl groups is 4. The van der Waals surface area contributed by atoms with E-state index in [1.54, 1.807) is 0 Å². The first kappa shape index (κ1) is 20.4. The van der Waals surface area contributed by atoms with Crippen molar-refractivity contribution in [2.75, 3.05) is 5.75 Å². The van der Waals surface area contributed by atoms with Crippen LogP contribution in [0.2, 0.25) is 0 Å². The third-order valence-corrected chi connectivity index (χ3v) is 7.29. The maximum atomic E-state index is 11.9. The van der Waals surface area contributed by atoms with Crippen LogP contribution in [-0.4, -0.2) is 43.0 Å². The van der Waals surface area contributed by atoms with E-state index in [2.05, 4.69) is 0 Å². The summed E-state index contributed by atoms with van der Waals surface area (Å²) >= 11 is 2.84. The van der Waals surface area contributed by atoms with E-state index < -0.39 is 0 Å². The molecule has 0 fully saturated rings. The standard InChI is InChI=1S/C11H12O3S.C9H8O3S/c1-5-6(2)15-11-8(13)4-3-7(12)9(11)10(5)14;10-5-1-2-7(12)9-8(5)6(11)3-4-13-9/h3-6,12-13H,1-2H3;1-2,10,12H,3-4H2. The number of benzene rings is 2. The van der Waals surface area contributed by atoms with Gasteiger partial charge in [-0.2, -0.15) is 0 Å². The summed E-state index contributed by atoms with van der Waals surface area (Å²) in [5.41, 5.74) is 0.543. The van der Waals surface area contributed by atoms with E-state index in [4.69, 9.17) is 0 Å². The highest BCUT2D eigenvalue weighted by atomic mass is 32.2. The molecule has 0 radical (unpaired) electrons. The van der Waals surface area contributed by atoms with Gasteiger partial charge < -0.3 is 20.4 Å². The van der Waals surface area contributed by atoms with E-state index in [1.165, 1.54) is 47.8 Å². The summed E-state index contributed by atoms with van der Waals surface area (Å²) in [6, 6.07) is 5.52. The molecule has 2 aliphatic heterocycles. The molecule has 4 rings (SSSR count). The van der Waals surface area contributed by atoms with Gasteiger partial charge in [-0.05, 0) is 24.3 Å². The second-order valence-electron chi connectivity index (χ2n) is 6.61. The van der Waals surface area contributed by atoms with Gasteiger partial charge >= 0.3 is 0 Å². The zero-order valence-corrected chi connectivity index (χ0v) is 16.9. The van der Waals surface area contributed by atoms with Crippen LogP contribution in [0.1, 0.15) is 41.0 Å². The van der Waals surface area contributed by atoms with Gasteiger partial charge in [-0.3, -0.25) is 9.59 Å². The van der Waals surface area contributed by atoms with Crippen molar-refractivity contribution in [1.29, 1.82) is 0 Å². The van der Waals surface area contributed by atoms with Crippen molar-refractivity contribution in [2.24, 2.45) is 5.92 Å². The fourth-order valence-corrected chi connectivity index (χ4v) is 5.28. The van der Waals surface area contributed by atoms with Crippen molar-refractivity contribution in [3.05, 3.63) is 35.4 Å². The molecule has 2 aromatic rings. The number of ketones is 2. The molecule has 2 unspecified atom stereocenters. The Morgan fingerprint density at radius 3 is 1.96 bits per heavy atom. The quantitative estimate of drug-likeness (QED) is 0.469. The average Bonchev–Trinajstić information content (AvgIpc) is 2.66. The minimum absolute atomic E-state index is 0.0370. The lowest BCUT2D eigenvalue weighted by Crippen LogP contribution is -2.25. The van der Waals surface area contributed by atoms with Gasteiger partial charge in [0.2, 0.25) is 0 Å². The van der Waals surface area contributed by atoms with Crippen LogP contribution in [0.25, 0.3) is 0 Å². The highest BCUT2D eigenvalue weighted by Crippen LogP contribution is 2.46. The van der Waals surface area contributed by atoms with E-state index in [0.717, 1.165) is 0 Å². The van der Waals surface area contributed by atoms with Crippen molar-refractivity contribution in [3.8, 4) is 23.0 Å². The predicted octanol–water partition coefficient (Wildman–Crippen LogP) is 4.19. The number of Topliss-reactive ketones (excluding diaryl/α,β-unsaturated/α-hetero) is 2. The molecule has 0 spiro atoms. The molecule has 0 saturated carbocycles. The predicted molar refractivity (Wildman–Crippen MR) is 108 cm³/mol. The van der Waals surface area contributed by atoms with E-state index >= 15 is 0 Å². The van der Waals surface area contributed by atoms with Gasteiger partial charge in [0.15, 0.2) is 11.6 Å². The van der Waals surface area contributed by atoms with Gasteiger partial charge in [0.1, 0.15) is 23.0 Å². The molecule has 28 heavy (non-hydrogen) atoms. The fraction of sp³-hybridized carbons (Fsp3) is 0.300. The van der Waals surface area contributed by atoms with Crippen LogP contribution in [0.4, 0.5) is 0 Å². The molecule has 148 valence electrons. The summed E-state index contributed by atoms with van der Waals surface area (Å²) in [5, 5.41) is 38.2. The van der Waals surface area contributed by atoms with Gasteiger partial charge in [-0.15, -0.1) is 23.5 Å². The minimum Gasteiger partial charge on any atom is -0.507 e. The van der Waals surface area contributed by atoms with Crippen LogP contribution >= 0.6 is 23.5 Å². The Balaban J connectivity index is 0.000000162. The molecule has 2 atom stereocenters.